The third kappa shape index (κ3) is 3.29. The van der Waals surface area contributed by atoms with Gasteiger partial charge in [0.2, 0.25) is 0 Å². The second kappa shape index (κ2) is 6.11. The van der Waals surface area contributed by atoms with E-state index >= 15 is 0 Å². The van der Waals surface area contributed by atoms with Crippen LogP contribution >= 0.6 is 0 Å². The number of hydrogen-bond donors (Lipinski definition) is 1. The topological polar surface area (TPSA) is 35.8 Å². The monoisotopic (exact) mass is 276 g/mol. The molecule has 0 radical (unpaired) electrons. The Kier molecular flexibility index (Phi) is 4.26. The van der Waals surface area contributed by atoms with E-state index < -0.39 is 12.2 Å². The van der Waals surface area contributed by atoms with Crippen molar-refractivity contribution in [1.82, 2.24) is 0 Å². The van der Waals surface area contributed by atoms with Gasteiger partial charge in [0.15, 0.2) is 0 Å². The second-order valence-corrected chi connectivity index (χ2v) is 4.20. The molecule has 0 amide bonds. The van der Waals surface area contributed by atoms with Gasteiger partial charge in [-0.2, -0.15) is 5.26 Å². The van der Waals surface area contributed by atoms with Crippen molar-refractivity contribution in [2.75, 3.05) is 5.32 Å². The molecule has 20 heavy (non-hydrogen) atoms. The highest BCUT2D eigenvalue weighted by molar-refractivity contribution is 5.49. The molecule has 0 atom stereocenters. The van der Waals surface area contributed by atoms with E-state index in [4.69, 9.17) is 5.26 Å². The summed E-state index contributed by atoms with van der Waals surface area (Å²) in [6, 6.07) is 11.8. The van der Waals surface area contributed by atoms with E-state index in [9.17, 15) is 13.2 Å². The lowest BCUT2D eigenvalue weighted by Crippen LogP contribution is -2.01. The fourth-order valence-electron chi connectivity index (χ4n) is 1.71. The van der Waals surface area contributed by atoms with Crippen molar-refractivity contribution in [2.45, 2.75) is 13.0 Å². The number of anilines is 1. The van der Waals surface area contributed by atoms with Gasteiger partial charge in [-0.3, -0.25) is 0 Å². The predicted molar refractivity (Wildman–Crippen MR) is 69.8 cm³/mol. The number of rotatable bonds is 4. The maximum absolute atomic E-state index is 13.6. The van der Waals surface area contributed by atoms with Crippen LogP contribution in [0, 0.1) is 17.1 Å². The molecule has 0 unspecified atom stereocenters. The third-order valence-corrected chi connectivity index (χ3v) is 2.81. The van der Waals surface area contributed by atoms with E-state index in [1.807, 2.05) is 6.07 Å². The number of alkyl halides is 2. The number of nitrogens with one attached hydrogen (secondary N) is 1. The number of hydrogen-bond acceptors (Lipinski definition) is 2. The quantitative estimate of drug-likeness (QED) is 0.906. The van der Waals surface area contributed by atoms with Crippen LogP contribution in [0.1, 0.15) is 23.1 Å². The van der Waals surface area contributed by atoms with E-state index in [1.54, 1.807) is 12.1 Å². The van der Waals surface area contributed by atoms with E-state index in [1.165, 1.54) is 24.3 Å². The third-order valence-electron chi connectivity index (χ3n) is 2.81. The first-order valence-electron chi connectivity index (χ1n) is 5.90. The van der Waals surface area contributed by atoms with Crippen molar-refractivity contribution < 1.29 is 13.2 Å². The number of nitriles is 1. The molecule has 0 bridgehead atoms. The van der Waals surface area contributed by atoms with Gasteiger partial charge >= 0.3 is 0 Å². The van der Waals surface area contributed by atoms with Crippen LogP contribution < -0.4 is 5.32 Å². The summed E-state index contributed by atoms with van der Waals surface area (Å²) in [5, 5.41) is 11.5. The molecule has 2 rings (SSSR count). The lowest BCUT2D eigenvalue weighted by molar-refractivity contribution is 0.151. The predicted octanol–water partition coefficient (Wildman–Crippen LogP) is 4.25. The second-order valence-electron chi connectivity index (χ2n) is 4.20. The standard InChI is InChI=1S/C15H11F3N2/c16-13-7-11(8-19)3-6-14(13)20-9-10-1-4-12(5-2-10)15(17)18/h1-7,15,20H,9H2. The van der Waals surface area contributed by atoms with Crippen LogP contribution in [0.25, 0.3) is 0 Å². The summed E-state index contributed by atoms with van der Waals surface area (Å²) in [5.74, 6) is -0.520. The number of halogens is 3. The van der Waals surface area contributed by atoms with Crippen LogP contribution in [0.5, 0.6) is 0 Å². The average Bonchev–Trinajstić information content (AvgIpc) is 2.46. The summed E-state index contributed by atoms with van der Waals surface area (Å²) >= 11 is 0. The van der Waals surface area contributed by atoms with Crippen molar-refractivity contribution in [3.8, 4) is 6.07 Å². The van der Waals surface area contributed by atoms with Crippen LogP contribution in [0.2, 0.25) is 0 Å². The highest BCUT2D eigenvalue weighted by Gasteiger charge is 2.06. The number of benzene rings is 2. The molecule has 0 aromatic heterocycles. The van der Waals surface area contributed by atoms with E-state index in [2.05, 4.69) is 5.32 Å². The molecule has 2 aromatic carbocycles. The van der Waals surface area contributed by atoms with Gasteiger partial charge in [0.1, 0.15) is 5.82 Å². The Hall–Kier alpha value is -2.48. The average molecular weight is 276 g/mol. The molecule has 0 fully saturated rings. The summed E-state index contributed by atoms with van der Waals surface area (Å²) in [6.45, 7) is 0.312. The molecule has 0 aliphatic heterocycles. The van der Waals surface area contributed by atoms with Crippen molar-refractivity contribution >= 4 is 5.69 Å². The van der Waals surface area contributed by atoms with Gasteiger partial charge in [0, 0.05) is 12.1 Å². The van der Waals surface area contributed by atoms with Gasteiger partial charge in [-0.1, -0.05) is 24.3 Å². The zero-order valence-corrected chi connectivity index (χ0v) is 10.4. The van der Waals surface area contributed by atoms with E-state index in [0.29, 0.717) is 6.54 Å². The highest BCUT2D eigenvalue weighted by Crippen LogP contribution is 2.20. The van der Waals surface area contributed by atoms with Crippen molar-refractivity contribution in [3.05, 3.63) is 65.0 Å². The maximum atomic E-state index is 13.6. The minimum Gasteiger partial charge on any atom is -0.379 e. The smallest absolute Gasteiger partial charge is 0.263 e. The van der Waals surface area contributed by atoms with Crippen molar-refractivity contribution in [2.24, 2.45) is 0 Å². The molecule has 0 aliphatic rings. The lowest BCUT2D eigenvalue weighted by Gasteiger charge is -2.08. The van der Waals surface area contributed by atoms with Crippen LogP contribution in [0.15, 0.2) is 42.5 Å². The van der Waals surface area contributed by atoms with Gasteiger partial charge < -0.3 is 5.32 Å². The molecule has 5 heteroatoms. The fraction of sp³-hybridized carbons (Fsp3) is 0.133. The van der Waals surface area contributed by atoms with Gasteiger partial charge in [-0.25, -0.2) is 13.2 Å². The first-order chi connectivity index (χ1) is 9.60. The first-order valence-corrected chi connectivity index (χ1v) is 5.90. The van der Waals surface area contributed by atoms with Crippen LogP contribution in [0.3, 0.4) is 0 Å². The Morgan fingerprint density at radius 2 is 1.80 bits per heavy atom. The molecule has 0 saturated heterocycles. The molecule has 0 aliphatic carbocycles. The van der Waals surface area contributed by atoms with Gasteiger partial charge in [-0.05, 0) is 23.8 Å². The fourth-order valence-corrected chi connectivity index (χ4v) is 1.71. The van der Waals surface area contributed by atoms with Crippen molar-refractivity contribution in [3.63, 3.8) is 0 Å². The minimum absolute atomic E-state index is 0.0432. The molecule has 1 N–H and O–H groups in total. The molecule has 0 saturated carbocycles. The van der Waals surface area contributed by atoms with Gasteiger partial charge in [0.25, 0.3) is 6.43 Å². The summed E-state index contributed by atoms with van der Waals surface area (Å²) in [5.41, 5.74) is 1.23. The first kappa shape index (κ1) is 13.9. The summed E-state index contributed by atoms with van der Waals surface area (Å²) in [6.07, 6.45) is -2.49. The summed E-state index contributed by atoms with van der Waals surface area (Å²) < 4.78 is 38.4. The largest absolute Gasteiger partial charge is 0.379 e. The van der Waals surface area contributed by atoms with Crippen molar-refractivity contribution in [1.29, 1.82) is 5.26 Å². The molecule has 0 spiro atoms. The van der Waals surface area contributed by atoms with Crippen LogP contribution in [-0.2, 0) is 6.54 Å². The van der Waals surface area contributed by atoms with Crippen LogP contribution in [0.4, 0.5) is 18.9 Å². The Balaban J connectivity index is 2.03. The molecular formula is C15H11F3N2. The van der Waals surface area contributed by atoms with Crippen LogP contribution in [-0.4, -0.2) is 0 Å². The maximum Gasteiger partial charge on any atom is 0.263 e. The highest BCUT2D eigenvalue weighted by atomic mass is 19.3. The number of nitrogens with zero attached hydrogens (tertiary/aromatic N) is 1. The summed E-state index contributed by atoms with van der Waals surface area (Å²) in [7, 11) is 0. The zero-order chi connectivity index (χ0) is 14.5. The normalized spacial score (nSPS) is 10.3. The van der Waals surface area contributed by atoms with Gasteiger partial charge in [-0.15, -0.1) is 0 Å². The SMILES string of the molecule is N#Cc1ccc(NCc2ccc(C(F)F)cc2)c(F)c1. The molecule has 2 nitrogen and oxygen atoms in total. The summed E-state index contributed by atoms with van der Waals surface area (Å²) in [4.78, 5) is 0. The minimum atomic E-state index is -2.49. The molecule has 2 aromatic rings. The van der Waals surface area contributed by atoms with E-state index in [-0.39, 0.29) is 16.8 Å². The van der Waals surface area contributed by atoms with Gasteiger partial charge in [0.05, 0.1) is 17.3 Å². The molecule has 0 heterocycles. The lowest BCUT2D eigenvalue weighted by atomic mass is 10.1. The molecular weight excluding hydrogens is 265 g/mol. The Morgan fingerprint density at radius 3 is 2.35 bits per heavy atom. The molecule has 102 valence electrons. The Labute approximate surface area is 114 Å². The Morgan fingerprint density at radius 1 is 1.10 bits per heavy atom. The zero-order valence-electron chi connectivity index (χ0n) is 10.4. The Bertz CT molecular complexity index is 631. The van der Waals surface area contributed by atoms with E-state index in [0.717, 1.165) is 11.6 Å².